The Labute approximate surface area is 179 Å². The third-order valence-corrected chi connectivity index (χ3v) is 5.76. The zero-order valence-electron chi connectivity index (χ0n) is 17.2. The number of benzene rings is 2. The minimum Gasteiger partial charge on any atom is -0.481 e. The van der Waals surface area contributed by atoms with Crippen LogP contribution in [0.5, 0.6) is 0 Å². The van der Waals surface area contributed by atoms with Crippen LogP contribution in [0.25, 0.3) is 0 Å². The number of hydrogen-bond acceptors (Lipinski definition) is 5. The number of rotatable bonds is 8. The second-order valence-electron chi connectivity index (χ2n) is 7.70. The van der Waals surface area contributed by atoms with Crippen molar-refractivity contribution in [3.63, 3.8) is 0 Å². The topological polar surface area (TPSA) is 133 Å². The van der Waals surface area contributed by atoms with Crippen molar-refractivity contribution in [3.8, 4) is 0 Å². The van der Waals surface area contributed by atoms with E-state index in [2.05, 4.69) is 10.6 Å². The van der Waals surface area contributed by atoms with Crippen molar-refractivity contribution in [3.05, 3.63) is 59.7 Å². The van der Waals surface area contributed by atoms with Crippen LogP contribution >= 0.6 is 0 Å². The Morgan fingerprint density at radius 3 is 1.58 bits per heavy atom. The molecule has 2 unspecified atom stereocenters. The number of Topliss-reactive ketones (excluding diaryl/α,β-unsaturated/α-hetero) is 1. The van der Waals surface area contributed by atoms with E-state index in [1.807, 2.05) is 43.4 Å². The highest BCUT2D eigenvalue weighted by Crippen LogP contribution is 2.47. The molecule has 2 aromatic carbocycles. The third kappa shape index (κ3) is 4.58. The Morgan fingerprint density at radius 1 is 0.742 bits per heavy atom. The summed E-state index contributed by atoms with van der Waals surface area (Å²) in [5, 5.41) is 24.5. The fourth-order valence-electron chi connectivity index (χ4n) is 4.15. The molecular weight excluding hydrogens is 400 g/mol. The molecule has 0 bridgehead atoms. The molecular formula is C23H24N2O6. The predicted molar refractivity (Wildman–Crippen MR) is 114 cm³/mol. The molecule has 1 saturated carbocycles. The van der Waals surface area contributed by atoms with Gasteiger partial charge in [-0.25, -0.2) is 0 Å². The SMILES string of the molecule is CNc1ccc(Cc2ccc(NC(=O)C3C(C(=O)O)C(C(C)=O)C3C(=O)O)cc2)cc1. The minimum absolute atomic E-state index is 0.429. The van der Waals surface area contributed by atoms with Gasteiger partial charge in [-0.15, -0.1) is 0 Å². The van der Waals surface area contributed by atoms with E-state index in [-0.39, 0.29) is 0 Å². The Morgan fingerprint density at radius 2 is 1.19 bits per heavy atom. The zero-order chi connectivity index (χ0) is 22.7. The maximum Gasteiger partial charge on any atom is 0.308 e. The number of amides is 1. The lowest BCUT2D eigenvalue weighted by molar-refractivity contribution is -0.178. The van der Waals surface area contributed by atoms with E-state index in [1.54, 1.807) is 12.1 Å². The van der Waals surface area contributed by atoms with Crippen LogP contribution in [0.2, 0.25) is 0 Å². The highest BCUT2D eigenvalue weighted by molar-refractivity contribution is 6.03. The average Bonchev–Trinajstić information content (AvgIpc) is 2.68. The van der Waals surface area contributed by atoms with Crippen LogP contribution in [-0.4, -0.2) is 40.9 Å². The standard InChI is InChI=1S/C23H24N2O6/c1-12(26)17-19(22(28)29)18(20(17)23(30)31)21(27)25-16-9-5-14(6-10-16)11-13-3-7-15(24-2)8-4-13/h3-10,17-20,24H,11H2,1-2H3,(H,25,27)(H,28,29)(H,30,31). The van der Waals surface area contributed by atoms with Crippen molar-refractivity contribution in [2.24, 2.45) is 23.7 Å². The first-order chi connectivity index (χ1) is 14.7. The molecule has 3 rings (SSSR count). The molecule has 2 atom stereocenters. The summed E-state index contributed by atoms with van der Waals surface area (Å²) in [6.07, 6.45) is 0.698. The molecule has 31 heavy (non-hydrogen) atoms. The molecule has 0 saturated heterocycles. The summed E-state index contributed by atoms with van der Waals surface area (Å²) in [7, 11) is 1.85. The van der Waals surface area contributed by atoms with Crippen LogP contribution in [-0.2, 0) is 25.6 Å². The maximum atomic E-state index is 12.7. The first kappa shape index (κ1) is 22.0. The lowest BCUT2D eigenvalue weighted by atomic mass is 9.55. The third-order valence-electron chi connectivity index (χ3n) is 5.76. The van der Waals surface area contributed by atoms with E-state index < -0.39 is 47.3 Å². The summed E-state index contributed by atoms with van der Waals surface area (Å²) in [4.78, 5) is 47.5. The smallest absolute Gasteiger partial charge is 0.308 e. The van der Waals surface area contributed by atoms with Crippen LogP contribution in [0.3, 0.4) is 0 Å². The van der Waals surface area contributed by atoms with Crippen molar-refractivity contribution in [2.75, 3.05) is 17.7 Å². The van der Waals surface area contributed by atoms with Crippen LogP contribution in [0.1, 0.15) is 18.1 Å². The highest BCUT2D eigenvalue weighted by atomic mass is 16.4. The van der Waals surface area contributed by atoms with Crippen LogP contribution in [0, 0.1) is 23.7 Å². The van der Waals surface area contributed by atoms with Gasteiger partial charge in [-0.1, -0.05) is 24.3 Å². The van der Waals surface area contributed by atoms with Crippen molar-refractivity contribution in [1.29, 1.82) is 0 Å². The number of anilines is 2. The highest BCUT2D eigenvalue weighted by Gasteiger charge is 2.62. The molecule has 1 fully saturated rings. The molecule has 1 amide bonds. The average molecular weight is 424 g/mol. The largest absolute Gasteiger partial charge is 0.481 e. The Bertz CT molecular complexity index is 978. The molecule has 4 N–H and O–H groups in total. The van der Waals surface area contributed by atoms with Gasteiger partial charge in [0, 0.05) is 24.3 Å². The second kappa shape index (κ2) is 8.99. The van der Waals surface area contributed by atoms with E-state index in [1.165, 1.54) is 0 Å². The van der Waals surface area contributed by atoms with Gasteiger partial charge in [-0.3, -0.25) is 19.2 Å². The Hall–Kier alpha value is -3.68. The molecule has 1 aliphatic carbocycles. The number of carbonyl (C=O) groups excluding carboxylic acids is 2. The number of carbonyl (C=O) groups is 4. The van der Waals surface area contributed by atoms with Crippen LogP contribution in [0.4, 0.5) is 11.4 Å². The molecule has 0 aromatic heterocycles. The van der Waals surface area contributed by atoms with Gasteiger partial charge < -0.3 is 20.8 Å². The molecule has 8 nitrogen and oxygen atoms in total. The van der Waals surface area contributed by atoms with Gasteiger partial charge in [0.05, 0.1) is 17.8 Å². The van der Waals surface area contributed by atoms with E-state index in [9.17, 15) is 29.4 Å². The van der Waals surface area contributed by atoms with E-state index in [4.69, 9.17) is 0 Å². The molecule has 0 heterocycles. The lowest BCUT2D eigenvalue weighted by Crippen LogP contribution is -2.60. The molecule has 2 aromatic rings. The summed E-state index contributed by atoms with van der Waals surface area (Å²) in [6.45, 7) is 1.15. The fourth-order valence-corrected chi connectivity index (χ4v) is 4.15. The van der Waals surface area contributed by atoms with Crippen LogP contribution < -0.4 is 10.6 Å². The number of carboxylic acid groups (broad SMARTS) is 2. The number of ketones is 1. The number of nitrogens with one attached hydrogen (secondary N) is 2. The summed E-state index contributed by atoms with van der Waals surface area (Å²) in [5.41, 5.74) is 3.58. The van der Waals surface area contributed by atoms with Crippen LogP contribution in [0.15, 0.2) is 48.5 Å². The second-order valence-corrected chi connectivity index (χ2v) is 7.70. The lowest BCUT2D eigenvalue weighted by Gasteiger charge is -2.45. The molecule has 8 heteroatoms. The Kier molecular flexibility index (Phi) is 6.39. The summed E-state index contributed by atoms with van der Waals surface area (Å²) in [6, 6.07) is 15.0. The van der Waals surface area contributed by atoms with E-state index in [0.717, 1.165) is 23.7 Å². The van der Waals surface area contributed by atoms with E-state index in [0.29, 0.717) is 12.1 Å². The first-order valence-electron chi connectivity index (χ1n) is 9.85. The van der Waals surface area contributed by atoms with Gasteiger partial charge in [-0.05, 0) is 48.7 Å². The van der Waals surface area contributed by atoms with Gasteiger partial charge in [0.1, 0.15) is 5.78 Å². The maximum absolute atomic E-state index is 12.7. The monoisotopic (exact) mass is 424 g/mol. The molecule has 0 aliphatic heterocycles. The predicted octanol–water partition coefficient (Wildman–Crippen LogP) is 2.49. The van der Waals surface area contributed by atoms with Crippen molar-refractivity contribution >= 4 is 35.0 Å². The fraction of sp³-hybridized carbons (Fsp3) is 0.304. The molecule has 162 valence electrons. The normalized spacial score (nSPS) is 22.1. The summed E-state index contributed by atoms with van der Waals surface area (Å²) < 4.78 is 0. The van der Waals surface area contributed by atoms with E-state index >= 15 is 0 Å². The number of aliphatic carboxylic acids is 2. The van der Waals surface area contributed by atoms with Gasteiger partial charge in [-0.2, -0.15) is 0 Å². The van der Waals surface area contributed by atoms with Gasteiger partial charge in [0.2, 0.25) is 5.91 Å². The number of hydrogen-bond donors (Lipinski definition) is 4. The Balaban J connectivity index is 1.69. The zero-order valence-corrected chi connectivity index (χ0v) is 17.2. The first-order valence-corrected chi connectivity index (χ1v) is 9.85. The molecule has 0 radical (unpaired) electrons. The van der Waals surface area contributed by atoms with Crippen molar-refractivity contribution in [2.45, 2.75) is 13.3 Å². The molecule has 0 spiro atoms. The quantitative estimate of drug-likeness (QED) is 0.512. The molecule has 1 aliphatic rings. The van der Waals surface area contributed by atoms with Gasteiger partial charge in [0.15, 0.2) is 0 Å². The number of carboxylic acids is 2. The summed E-state index contributed by atoms with van der Waals surface area (Å²) in [5.74, 6) is -9.17. The van der Waals surface area contributed by atoms with Gasteiger partial charge in [0.25, 0.3) is 0 Å². The van der Waals surface area contributed by atoms with Crippen molar-refractivity contribution < 1.29 is 29.4 Å². The summed E-state index contributed by atoms with van der Waals surface area (Å²) >= 11 is 0. The van der Waals surface area contributed by atoms with Crippen molar-refractivity contribution in [1.82, 2.24) is 0 Å². The minimum atomic E-state index is -1.35. The van der Waals surface area contributed by atoms with Gasteiger partial charge >= 0.3 is 11.9 Å².